The number of urea groups is 1. The minimum Gasteiger partial charge on any atom is -0.335 e. The Balaban J connectivity index is 1.20. The van der Waals surface area contributed by atoms with Gasteiger partial charge in [-0.1, -0.05) is 12.5 Å². The maximum Gasteiger partial charge on any atom is 0.315 e. The summed E-state index contributed by atoms with van der Waals surface area (Å²) in [7, 11) is 0. The van der Waals surface area contributed by atoms with E-state index in [0.29, 0.717) is 18.5 Å². The number of pyridine rings is 1. The van der Waals surface area contributed by atoms with Gasteiger partial charge in [-0.15, -0.1) is 0 Å². The van der Waals surface area contributed by atoms with Gasteiger partial charge < -0.3 is 10.6 Å². The van der Waals surface area contributed by atoms with Crippen LogP contribution in [0.25, 0.3) is 5.82 Å². The molecule has 2 bridgehead atoms. The van der Waals surface area contributed by atoms with Crippen molar-refractivity contribution < 1.29 is 4.79 Å². The first-order valence-electron chi connectivity index (χ1n) is 9.76. The standard InChI is InChI=1S/C20H25N5O/c26-20(24-18-10-14-9-17(18)16-5-1-4-15(14)16)23-11-13-3-2-6-22-19(13)25-8-7-21-12-25/h2-3,6-8,12,14-18H,1,4-5,9-11H2,(H2,23,24,26). The van der Waals surface area contributed by atoms with E-state index in [9.17, 15) is 4.79 Å². The average molecular weight is 351 g/mol. The highest BCUT2D eigenvalue weighted by Crippen LogP contribution is 2.58. The fourth-order valence-corrected chi connectivity index (χ4v) is 5.81. The molecule has 0 saturated heterocycles. The van der Waals surface area contributed by atoms with Crippen LogP contribution in [-0.4, -0.2) is 26.6 Å². The third kappa shape index (κ3) is 2.68. The van der Waals surface area contributed by atoms with E-state index in [1.807, 2.05) is 22.9 Å². The number of nitrogens with one attached hydrogen (secondary N) is 2. The summed E-state index contributed by atoms with van der Waals surface area (Å²) < 4.78 is 1.87. The van der Waals surface area contributed by atoms with Crippen LogP contribution < -0.4 is 10.6 Å². The second-order valence-corrected chi connectivity index (χ2v) is 8.04. The van der Waals surface area contributed by atoms with Gasteiger partial charge in [-0.3, -0.25) is 4.57 Å². The number of imidazole rings is 1. The van der Waals surface area contributed by atoms with Crippen LogP contribution in [0.5, 0.6) is 0 Å². The zero-order valence-corrected chi connectivity index (χ0v) is 14.8. The molecule has 5 atom stereocenters. The quantitative estimate of drug-likeness (QED) is 0.890. The highest BCUT2D eigenvalue weighted by Gasteiger charge is 2.54. The second-order valence-electron chi connectivity index (χ2n) is 8.04. The highest BCUT2D eigenvalue weighted by atomic mass is 16.2. The molecule has 3 saturated carbocycles. The van der Waals surface area contributed by atoms with Gasteiger partial charge in [0.1, 0.15) is 12.1 Å². The van der Waals surface area contributed by atoms with Crippen molar-refractivity contribution in [2.24, 2.45) is 23.7 Å². The maximum absolute atomic E-state index is 12.5. The Kier molecular flexibility index (Phi) is 3.91. The predicted molar refractivity (Wildman–Crippen MR) is 97.6 cm³/mol. The lowest BCUT2D eigenvalue weighted by Gasteiger charge is -2.32. The summed E-state index contributed by atoms with van der Waals surface area (Å²) in [5.41, 5.74) is 0.976. The van der Waals surface area contributed by atoms with Crippen LogP contribution >= 0.6 is 0 Å². The first-order valence-corrected chi connectivity index (χ1v) is 9.76. The molecular formula is C20H25N5O. The van der Waals surface area contributed by atoms with Gasteiger partial charge in [0, 0.05) is 36.7 Å². The van der Waals surface area contributed by atoms with Crippen molar-refractivity contribution in [2.75, 3.05) is 0 Å². The molecule has 2 N–H and O–H groups in total. The molecule has 3 aliphatic carbocycles. The van der Waals surface area contributed by atoms with Crippen molar-refractivity contribution in [1.29, 1.82) is 0 Å². The molecule has 0 aromatic carbocycles. The first kappa shape index (κ1) is 15.9. The van der Waals surface area contributed by atoms with E-state index in [4.69, 9.17) is 0 Å². The molecule has 6 heteroatoms. The SMILES string of the molecule is O=C(NCc1cccnc1-n1ccnc1)NC1CC2CC1C1CCCC21. The number of rotatable bonds is 4. The lowest BCUT2D eigenvalue weighted by atomic mass is 9.79. The molecule has 2 heterocycles. The van der Waals surface area contributed by atoms with E-state index in [-0.39, 0.29) is 6.03 Å². The number of carbonyl (C=O) groups is 1. The van der Waals surface area contributed by atoms with Gasteiger partial charge in [-0.2, -0.15) is 0 Å². The first-order chi connectivity index (χ1) is 12.8. The van der Waals surface area contributed by atoms with E-state index >= 15 is 0 Å². The van der Waals surface area contributed by atoms with E-state index in [2.05, 4.69) is 20.6 Å². The lowest BCUT2D eigenvalue weighted by molar-refractivity contribution is 0.197. The van der Waals surface area contributed by atoms with E-state index in [0.717, 1.165) is 29.1 Å². The van der Waals surface area contributed by atoms with Crippen LogP contribution in [0, 0.1) is 23.7 Å². The summed E-state index contributed by atoms with van der Waals surface area (Å²) in [6, 6.07) is 4.19. The third-order valence-corrected chi connectivity index (χ3v) is 6.80. The van der Waals surface area contributed by atoms with Crippen molar-refractivity contribution in [3.63, 3.8) is 0 Å². The van der Waals surface area contributed by atoms with Gasteiger partial charge in [-0.05, 0) is 55.4 Å². The van der Waals surface area contributed by atoms with Crippen molar-refractivity contribution in [3.8, 4) is 5.82 Å². The molecule has 0 radical (unpaired) electrons. The fourth-order valence-electron chi connectivity index (χ4n) is 5.81. The number of fused-ring (bicyclic) bond motifs is 5. The maximum atomic E-state index is 12.5. The number of carbonyl (C=O) groups excluding carboxylic acids is 1. The number of hydrogen-bond acceptors (Lipinski definition) is 3. The summed E-state index contributed by atoms with van der Waals surface area (Å²) in [5, 5.41) is 6.28. The van der Waals surface area contributed by atoms with Gasteiger partial charge in [-0.25, -0.2) is 14.8 Å². The lowest BCUT2D eigenvalue weighted by Crippen LogP contribution is -2.46. The molecular weight excluding hydrogens is 326 g/mol. The van der Waals surface area contributed by atoms with Crippen LogP contribution in [0.15, 0.2) is 37.1 Å². The largest absolute Gasteiger partial charge is 0.335 e. The van der Waals surface area contributed by atoms with Crippen LogP contribution in [0.3, 0.4) is 0 Å². The Morgan fingerprint density at radius 3 is 3.00 bits per heavy atom. The van der Waals surface area contributed by atoms with Gasteiger partial charge in [0.15, 0.2) is 0 Å². The Hall–Kier alpha value is -2.37. The van der Waals surface area contributed by atoms with E-state index < -0.39 is 0 Å². The summed E-state index contributed by atoms with van der Waals surface area (Å²) in [6.45, 7) is 0.458. The predicted octanol–water partition coefficient (Wildman–Crippen LogP) is 2.89. The minimum absolute atomic E-state index is 0.0578. The number of hydrogen-bond donors (Lipinski definition) is 2. The molecule has 0 spiro atoms. The molecule has 26 heavy (non-hydrogen) atoms. The summed E-state index contributed by atoms with van der Waals surface area (Å²) >= 11 is 0. The van der Waals surface area contributed by atoms with Crippen molar-refractivity contribution in [1.82, 2.24) is 25.2 Å². The normalized spacial score (nSPS) is 31.8. The Labute approximate surface area is 153 Å². The van der Waals surface area contributed by atoms with Gasteiger partial charge in [0.2, 0.25) is 0 Å². The molecule has 5 unspecified atom stereocenters. The molecule has 0 aliphatic heterocycles. The monoisotopic (exact) mass is 351 g/mol. The highest BCUT2D eigenvalue weighted by molar-refractivity contribution is 5.74. The minimum atomic E-state index is -0.0578. The molecule has 6 nitrogen and oxygen atoms in total. The third-order valence-electron chi connectivity index (χ3n) is 6.80. The number of aromatic nitrogens is 3. The second kappa shape index (κ2) is 6.41. The average Bonchev–Trinajstić information content (AvgIpc) is 3.42. The zero-order chi connectivity index (χ0) is 17.5. The van der Waals surface area contributed by atoms with Crippen LogP contribution in [0.1, 0.15) is 37.7 Å². The van der Waals surface area contributed by atoms with E-state index in [1.165, 1.54) is 32.1 Å². The molecule has 2 aromatic rings. The topological polar surface area (TPSA) is 71.8 Å². The Morgan fingerprint density at radius 1 is 1.19 bits per heavy atom. The van der Waals surface area contributed by atoms with Gasteiger partial charge in [0.05, 0.1) is 0 Å². The summed E-state index contributed by atoms with van der Waals surface area (Å²) in [4.78, 5) is 21.0. The zero-order valence-electron chi connectivity index (χ0n) is 14.8. The molecule has 5 rings (SSSR count). The van der Waals surface area contributed by atoms with Crippen LogP contribution in [0.4, 0.5) is 4.79 Å². The van der Waals surface area contributed by atoms with Crippen molar-refractivity contribution >= 4 is 6.03 Å². The summed E-state index contributed by atoms with van der Waals surface area (Å²) in [5.74, 6) is 4.18. The van der Waals surface area contributed by atoms with Crippen molar-refractivity contribution in [2.45, 2.75) is 44.7 Å². The Bertz CT molecular complexity index is 789. The van der Waals surface area contributed by atoms with Crippen molar-refractivity contribution in [3.05, 3.63) is 42.6 Å². The molecule has 3 fully saturated rings. The molecule has 3 aliphatic rings. The summed E-state index contributed by atoms with van der Waals surface area (Å²) in [6.07, 6.45) is 13.7. The molecule has 2 amide bonds. The van der Waals surface area contributed by atoms with Gasteiger partial charge in [0.25, 0.3) is 0 Å². The smallest absolute Gasteiger partial charge is 0.315 e. The van der Waals surface area contributed by atoms with Crippen LogP contribution in [0.2, 0.25) is 0 Å². The fraction of sp³-hybridized carbons (Fsp3) is 0.550. The van der Waals surface area contributed by atoms with Crippen LogP contribution in [-0.2, 0) is 6.54 Å². The van der Waals surface area contributed by atoms with E-state index in [1.54, 1.807) is 18.7 Å². The number of amides is 2. The van der Waals surface area contributed by atoms with Gasteiger partial charge >= 0.3 is 6.03 Å². The number of nitrogens with zero attached hydrogens (tertiary/aromatic N) is 3. The Morgan fingerprint density at radius 2 is 2.12 bits per heavy atom. The molecule has 136 valence electrons. The molecule has 2 aromatic heterocycles.